The minimum atomic E-state index is -3.74. The predicted octanol–water partition coefficient (Wildman–Crippen LogP) is 3.35. The maximum absolute atomic E-state index is 12.9. The van der Waals surface area contributed by atoms with Crippen molar-refractivity contribution in [2.45, 2.75) is 4.90 Å². The van der Waals surface area contributed by atoms with Crippen LogP contribution in [-0.2, 0) is 10.0 Å². The Hall–Kier alpha value is -3.39. The summed E-state index contributed by atoms with van der Waals surface area (Å²) in [5.41, 5.74) is 2.13. The number of nitrogens with zero attached hydrogens (tertiary/aromatic N) is 3. The highest BCUT2D eigenvalue weighted by Gasteiger charge is 2.20. The Labute approximate surface area is 162 Å². The topological polar surface area (TPSA) is 83.3 Å². The van der Waals surface area contributed by atoms with Gasteiger partial charge in [-0.1, -0.05) is 18.2 Å². The van der Waals surface area contributed by atoms with Gasteiger partial charge in [-0.3, -0.25) is 0 Å². The summed E-state index contributed by atoms with van der Waals surface area (Å²) in [5.74, 6) is 1.19. The molecule has 0 saturated heterocycles. The summed E-state index contributed by atoms with van der Waals surface area (Å²) in [7, 11) is -0.612. The van der Waals surface area contributed by atoms with E-state index in [2.05, 4.69) is 9.97 Å². The molecule has 0 aliphatic heterocycles. The van der Waals surface area contributed by atoms with E-state index < -0.39 is 10.0 Å². The van der Waals surface area contributed by atoms with E-state index in [1.54, 1.807) is 68.9 Å². The molecule has 0 radical (unpaired) electrons. The predicted molar refractivity (Wildman–Crippen MR) is 105 cm³/mol. The molecule has 0 spiro atoms. The molecule has 0 bridgehead atoms. The number of methoxy groups -OCH3 is 2. The molecule has 2 aromatic carbocycles. The first-order valence-electron chi connectivity index (χ1n) is 8.42. The lowest BCUT2D eigenvalue weighted by molar-refractivity contribution is 0.355. The molecule has 7 nitrogen and oxygen atoms in total. The van der Waals surface area contributed by atoms with E-state index in [-0.39, 0.29) is 10.5 Å². The first-order chi connectivity index (χ1) is 13.5. The van der Waals surface area contributed by atoms with Crippen LogP contribution in [0.4, 0.5) is 0 Å². The molecule has 4 aromatic rings. The molecule has 0 amide bonds. The zero-order valence-electron chi connectivity index (χ0n) is 15.2. The second-order valence-electron chi connectivity index (χ2n) is 5.96. The van der Waals surface area contributed by atoms with E-state index in [0.29, 0.717) is 22.7 Å². The fraction of sp³-hybridized carbons (Fsp3) is 0.100. The summed E-state index contributed by atoms with van der Waals surface area (Å²) >= 11 is 0. The van der Waals surface area contributed by atoms with Crippen molar-refractivity contribution in [3.05, 3.63) is 67.0 Å². The molecule has 0 N–H and O–H groups in total. The van der Waals surface area contributed by atoms with Gasteiger partial charge >= 0.3 is 0 Å². The van der Waals surface area contributed by atoms with E-state index in [1.807, 2.05) is 6.07 Å². The van der Waals surface area contributed by atoms with E-state index in [1.165, 1.54) is 6.20 Å². The molecule has 142 valence electrons. The van der Waals surface area contributed by atoms with Gasteiger partial charge in [-0.25, -0.2) is 22.4 Å². The molecular formula is C20H17N3O4S. The fourth-order valence-electron chi connectivity index (χ4n) is 2.92. The molecule has 0 atom stereocenters. The zero-order chi connectivity index (χ0) is 19.7. The van der Waals surface area contributed by atoms with Crippen molar-refractivity contribution in [2.75, 3.05) is 14.2 Å². The Balaban J connectivity index is 1.79. The Kier molecular flexibility index (Phi) is 4.48. The number of rotatable bonds is 5. The van der Waals surface area contributed by atoms with Crippen molar-refractivity contribution in [1.82, 2.24) is 13.9 Å². The van der Waals surface area contributed by atoms with Crippen molar-refractivity contribution in [3.63, 3.8) is 0 Å². The summed E-state index contributed by atoms with van der Waals surface area (Å²) in [4.78, 5) is 9.11. The zero-order valence-corrected chi connectivity index (χ0v) is 16.1. The van der Waals surface area contributed by atoms with Crippen LogP contribution >= 0.6 is 0 Å². The highest BCUT2D eigenvalue weighted by Crippen LogP contribution is 2.32. The molecule has 0 saturated carbocycles. The molecule has 2 aromatic heterocycles. The largest absolute Gasteiger partial charge is 0.493 e. The van der Waals surface area contributed by atoms with Crippen molar-refractivity contribution in [3.8, 4) is 22.8 Å². The number of benzene rings is 2. The first kappa shape index (κ1) is 18.0. The molecule has 2 heterocycles. The van der Waals surface area contributed by atoms with Crippen LogP contribution in [0.2, 0.25) is 0 Å². The molecule has 0 aliphatic carbocycles. The minimum absolute atomic E-state index is 0.193. The Morgan fingerprint density at radius 1 is 0.929 bits per heavy atom. The third-order valence-corrected chi connectivity index (χ3v) is 6.02. The van der Waals surface area contributed by atoms with Crippen LogP contribution in [0.15, 0.2) is 71.9 Å². The average molecular weight is 395 g/mol. The quantitative estimate of drug-likeness (QED) is 0.515. The molecule has 28 heavy (non-hydrogen) atoms. The van der Waals surface area contributed by atoms with Crippen LogP contribution < -0.4 is 9.47 Å². The van der Waals surface area contributed by atoms with Crippen LogP contribution in [0, 0.1) is 0 Å². The lowest BCUT2D eigenvalue weighted by Crippen LogP contribution is -2.12. The second kappa shape index (κ2) is 6.97. The van der Waals surface area contributed by atoms with Crippen molar-refractivity contribution in [1.29, 1.82) is 0 Å². The monoisotopic (exact) mass is 395 g/mol. The van der Waals surface area contributed by atoms with E-state index in [4.69, 9.17) is 9.47 Å². The van der Waals surface area contributed by atoms with Crippen LogP contribution in [0.3, 0.4) is 0 Å². The third kappa shape index (κ3) is 2.97. The summed E-state index contributed by atoms with van der Waals surface area (Å²) in [6, 6.07) is 15.3. The summed E-state index contributed by atoms with van der Waals surface area (Å²) in [6.07, 6.45) is 3.01. The number of hydrogen-bond acceptors (Lipinski definition) is 6. The molecule has 0 fully saturated rings. The average Bonchev–Trinajstić information content (AvgIpc) is 3.18. The van der Waals surface area contributed by atoms with Crippen LogP contribution in [0.1, 0.15) is 0 Å². The second-order valence-corrected chi connectivity index (χ2v) is 7.78. The molecule has 0 aliphatic rings. The van der Waals surface area contributed by atoms with Gasteiger partial charge in [0.05, 0.1) is 31.0 Å². The number of hydrogen-bond donors (Lipinski definition) is 0. The maximum Gasteiger partial charge on any atom is 0.269 e. The summed E-state index contributed by atoms with van der Waals surface area (Å²) < 4.78 is 37.5. The van der Waals surface area contributed by atoms with Crippen LogP contribution in [0.25, 0.3) is 22.4 Å². The molecule has 4 rings (SSSR count). The van der Waals surface area contributed by atoms with Gasteiger partial charge < -0.3 is 9.47 Å². The highest BCUT2D eigenvalue weighted by atomic mass is 32.2. The molecular weight excluding hydrogens is 378 g/mol. The lowest BCUT2D eigenvalue weighted by Gasteiger charge is -2.09. The fourth-order valence-corrected chi connectivity index (χ4v) is 4.24. The standard InChI is InChI=1S/C20H17N3O4S/c1-26-18-9-8-14(12-19(18)27-2)17-13-21-20-16(22-17)10-11-23(20)28(24,25)15-6-4-3-5-7-15/h3-13H,1-2H3. The van der Waals surface area contributed by atoms with E-state index >= 15 is 0 Å². The summed E-state index contributed by atoms with van der Waals surface area (Å²) in [5, 5.41) is 0. The summed E-state index contributed by atoms with van der Waals surface area (Å²) in [6.45, 7) is 0. The van der Waals surface area contributed by atoms with Gasteiger partial charge in [-0.05, 0) is 36.4 Å². The highest BCUT2D eigenvalue weighted by molar-refractivity contribution is 7.90. The number of fused-ring (bicyclic) bond motifs is 1. The number of ether oxygens (including phenoxy) is 2. The van der Waals surface area contributed by atoms with Crippen molar-refractivity contribution < 1.29 is 17.9 Å². The first-order valence-corrected chi connectivity index (χ1v) is 9.86. The molecule has 8 heteroatoms. The SMILES string of the molecule is COc1ccc(-c2cnc3c(ccn3S(=O)(=O)c3ccccc3)n2)cc1OC. The molecule has 0 unspecified atom stereocenters. The van der Waals surface area contributed by atoms with Gasteiger partial charge in [0.15, 0.2) is 17.1 Å². The van der Waals surface area contributed by atoms with Gasteiger partial charge in [0.25, 0.3) is 10.0 Å². The van der Waals surface area contributed by atoms with Gasteiger partial charge in [0, 0.05) is 11.8 Å². The third-order valence-electron chi connectivity index (χ3n) is 4.33. The van der Waals surface area contributed by atoms with E-state index in [9.17, 15) is 8.42 Å². The van der Waals surface area contributed by atoms with E-state index in [0.717, 1.165) is 9.54 Å². The van der Waals surface area contributed by atoms with Crippen molar-refractivity contribution >= 4 is 21.2 Å². The smallest absolute Gasteiger partial charge is 0.269 e. The maximum atomic E-state index is 12.9. The minimum Gasteiger partial charge on any atom is -0.493 e. The normalized spacial score (nSPS) is 11.5. The Morgan fingerprint density at radius 2 is 1.68 bits per heavy atom. The van der Waals surface area contributed by atoms with Crippen molar-refractivity contribution in [2.24, 2.45) is 0 Å². The van der Waals surface area contributed by atoms with Gasteiger partial charge in [0.1, 0.15) is 5.52 Å². The lowest BCUT2D eigenvalue weighted by atomic mass is 10.1. The Bertz CT molecular complexity index is 1250. The van der Waals surface area contributed by atoms with Gasteiger partial charge in [-0.15, -0.1) is 0 Å². The van der Waals surface area contributed by atoms with Gasteiger partial charge in [-0.2, -0.15) is 0 Å². The van der Waals surface area contributed by atoms with Gasteiger partial charge in [0.2, 0.25) is 0 Å². The van der Waals surface area contributed by atoms with Crippen LogP contribution in [0.5, 0.6) is 11.5 Å². The Morgan fingerprint density at radius 3 is 2.39 bits per heavy atom. The van der Waals surface area contributed by atoms with Crippen LogP contribution in [-0.4, -0.2) is 36.6 Å². The number of aromatic nitrogens is 3.